The Kier molecular flexibility index (Phi) is 4.77. The van der Waals surface area contributed by atoms with E-state index in [1.54, 1.807) is 18.3 Å². The first-order valence-electron chi connectivity index (χ1n) is 5.91. The molecular formula is C15H12Cl2N2O. The van der Waals surface area contributed by atoms with Crippen LogP contribution >= 0.6 is 23.2 Å². The summed E-state index contributed by atoms with van der Waals surface area (Å²) >= 11 is 11.8. The fourth-order valence-corrected chi connectivity index (χ4v) is 1.93. The highest BCUT2D eigenvalue weighted by Gasteiger charge is 2.09. The molecule has 0 saturated carbocycles. The SMILES string of the molecule is Cc1ccc(/C=N\NC(=O)c2cc(Cl)ccc2Cl)cc1. The number of halogens is 2. The van der Waals surface area contributed by atoms with Crippen molar-refractivity contribution >= 4 is 35.3 Å². The maximum atomic E-state index is 11.9. The minimum absolute atomic E-state index is 0.292. The van der Waals surface area contributed by atoms with Crippen molar-refractivity contribution in [3.8, 4) is 0 Å². The summed E-state index contributed by atoms with van der Waals surface area (Å²) < 4.78 is 0. The molecule has 2 aromatic rings. The van der Waals surface area contributed by atoms with E-state index in [2.05, 4.69) is 10.5 Å². The zero-order chi connectivity index (χ0) is 14.5. The lowest BCUT2D eigenvalue weighted by atomic mass is 10.2. The third-order valence-electron chi connectivity index (χ3n) is 2.63. The van der Waals surface area contributed by atoms with Crippen LogP contribution < -0.4 is 5.43 Å². The molecular weight excluding hydrogens is 295 g/mol. The molecule has 0 atom stereocenters. The Morgan fingerprint density at radius 1 is 1.15 bits per heavy atom. The minimum atomic E-state index is -0.402. The normalized spacial score (nSPS) is 10.8. The van der Waals surface area contributed by atoms with Crippen LogP contribution in [0.1, 0.15) is 21.5 Å². The highest BCUT2D eigenvalue weighted by Crippen LogP contribution is 2.20. The van der Waals surface area contributed by atoms with Gasteiger partial charge in [0.05, 0.1) is 16.8 Å². The number of carbonyl (C=O) groups excluding carboxylic acids is 1. The van der Waals surface area contributed by atoms with E-state index in [0.29, 0.717) is 15.6 Å². The Bertz CT molecular complexity index is 651. The molecule has 0 unspecified atom stereocenters. The summed E-state index contributed by atoms with van der Waals surface area (Å²) in [4.78, 5) is 11.9. The molecule has 0 aliphatic carbocycles. The van der Waals surface area contributed by atoms with Crippen molar-refractivity contribution in [2.75, 3.05) is 0 Å². The van der Waals surface area contributed by atoms with Gasteiger partial charge in [-0.1, -0.05) is 53.0 Å². The fraction of sp³-hybridized carbons (Fsp3) is 0.0667. The van der Waals surface area contributed by atoms with Gasteiger partial charge in [0.25, 0.3) is 5.91 Å². The lowest BCUT2D eigenvalue weighted by Crippen LogP contribution is -2.18. The van der Waals surface area contributed by atoms with Crippen LogP contribution in [0.15, 0.2) is 47.6 Å². The molecule has 0 aromatic heterocycles. The van der Waals surface area contributed by atoms with Crippen molar-refractivity contribution in [2.45, 2.75) is 6.92 Å². The number of amides is 1. The van der Waals surface area contributed by atoms with Crippen molar-refractivity contribution in [1.82, 2.24) is 5.43 Å². The van der Waals surface area contributed by atoms with E-state index in [1.165, 1.54) is 6.07 Å². The van der Waals surface area contributed by atoms with Gasteiger partial charge in [0.1, 0.15) is 0 Å². The average molecular weight is 307 g/mol. The van der Waals surface area contributed by atoms with Crippen LogP contribution in [0, 0.1) is 6.92 Å². The van der Waals surface area contributed by atoms with Crippen LogP contribution in [0.3, 0.4) is 0 Å². The Hall–Kier alpha value is -1.84. The second-order valence-corrected chi connectivity index (χ2v) is 5.08. The van der Waals surface area contributed by atoms with Crippen LogP contribution in [0.25, 0.3) is 0 Å². The standard InChI is InChI=1S/C15H12Cl2N2O/c1-10-2-4-11(5-3-10)9-18-19-15(20)13-8-12(16)6-7-14(13)17/h2-9H,1H3,(H,19,20)/b18-9-. The number of hydrogen-bond donors (Lipinski definition) is 1. The van der Waals surface area contributed by atoms with E-state index < -0.39 is 5.91 Å². The average Bonchev–Trinajstić information content (AvgIpc) is 2.43. The fourth-order valence-electron chi connectivity index (χ4n) is 1.55. The smallest absolute Gasteiger partial charge is 0.267 e. The van der Waals surface area contributed by atoms with Crippen molar-refractivity contribution in [3.63, 3.8) is 0 Å². The van der Waals surface area contributed by atoms with Crippen molar-refractivity contribution in [3.05, 3.63) is 69.2 Å². The molecule has 5 heteroatoms. The Morgan fingerprint density at radius 2 is 1.85 bits per heavy atom. The molecule has 0 radical (unpaired) electrons. The van der Waals surface area contributed by atoms with Gasteiger partial charge >= 0.3 is 0 Å². The van der Waals surface area contributed by atoms with Crippen LogP contribution in [-0.4, -0.2) is 12.1 Å². The largest absolute Gasteiger partial charge is 0.272 e. The highest BCUT2D eigenvalue weighted by atomic mass is 35.5. The van der Waals surface area contributed by atoms with Gasteiger partial charge in [0.2, 0.25) is 0 Å². The maximum absolute atomic E-state index is 11.9. The summed E-state index contributed by atoms with van der Waals surface area (Å²) in [5.41, 5.74) is 4.77. The lowest BCUT2D eigenvalue weighted by Gasteiger charge is -2.03. The highest BCUT2D eigenvalue weighted by molar-refractivity contribution is 6.35. The molecule has 0 bridgehead atoms. The van der Waals surface area contributed by atoms with Crippen LogP contribution in [0.2, 0.25) is 10.0 Å². The number of benzene rings is 2. The van der Waals surface area contributed by atoms with Gasteiger partial charge in [-0.15, -0.1) is 0 Å². The molecule has 0 heterocycles. The molecule has 2 aromatic carbocycles. The van der Waals surface area contributed by atoms with E-state index in [9.17, 15) is 4.79 Å². The molecule has 2 rings (SSSR count). The third kappa shape index (κ3) is 3.83. The van der Waals surface area contributed by atoms with E-state index >= 15 is 0 Å². The van der Waals surface area contributed by atoms with E-state index in [0.717, 1.165) is 11.1 Å². The summed E-state index contributed by atoms with van der Waals surface area (Å²) in [5.74, 6) is -0.402. The zero-order valence-corrected chi connectivity index (χ0v) is 12.2. The van der Waals surface area contributed by atoms with E-state index in [1.807, 2.05) is 31.2 Å². The quantitative estimate of drug-likeness (QED) is 0.674. The molecule has 3 nitrogen and oxygen atoms in total. The second kappa shape index (κ2) is 6.55. The van der Waals surface area contributed by atoms with E-state index in [-0.39, 0.29) is 0 Å². The molecule has 20 heavy (non-hydrogen) atoms. The molecule has 1 N–H and O–H groups in total. The number of hydrogen-bond acceptors (Lipinski definition) is 2. The summed E-state index contributed by atoms with van der Waals surface area (Å²) in [6.45, 7) is 2.00. The molecule has 1 amide bonds. The number of nitrogens with one attached hydrogen (secondary N) is 1. The van der Waals surface area contributed by atoms with Gasteiger partial charge in [0, 0.05) is 5.02 Å². The zero-order valence-electron chi connectivity index (χ0n) is 10.7. The minimum Gasteiger partial charge on any atom is -0.267 e. The lowest BCUT2D eigenvalue weighted by molar-refractivity contribution is 0.0955. The van der Waals surface area contributed by atoms with Gasteiger partial charge in [-0.3, -0.25) is 4.79 Å². The maximum Gasteiger partial charge on any atom is 0.272 e. The van der Waals surface area contributed by atoms with Crippen LogP contribution in [-0.2, 0) is 0 Å². The first-order chi connectivity index (χ1) is 9.56. The monoisotopic (exact) mass is 306 g/mol. The summed E-state index contributed by atoms with van der Waals surface area (Å²) in [5, 5.41) is 4.67. The molecule has 0 spiro atoms. The predicted octanol–water partition coefficient (Wildman–Crippen LogP) is 4.07. The van der Waals surface area contributed by atoms with Crippen molar-refractivity contribution < 1.29 is 4.79 Å². The first-order valence-corrected chi connectivity index (χ1v) is 6.67. The molecule has 0 aliphatic heterocycles. The van der Waals surface area contributed by atoms with Crippen molar-refractivity contribution in [1.29, 1.82) is 0 Å². The van der Waals surface area contributed by atoms with Gasteiger partial charge in [-0.25, -0.2) is 5.43 Å². The first kappa shape index (κ1) is 14.6. The van der Waals surface area contributed by atoms with E-state index in [4.69, 9.17) is 23.2 Å². The van der Waals surface area contributed by atoms with Crippen LogP contribution in [0.4, 0.5) is 0 Å². The number of rotatable bonds is 3. The van der Waals surface area contributed by atoms with Gasteiger partial charge in [-0.2, -0.15) is 5.10 Å². The number of hydrazone groups is 1. The summed E-state index contributed by atoms with van der Waals surface area (Å²) in [6, 6.07) is 12.5. The van der Waals surface area contributed by atoms with Gasteiger partial charge in [-0.05, 0) is 30.7 Å². The number of carbonyl (C=O) groups is 1. The molecule has 102 valence electrons. The number of aryl methyl sites for hydroxylation is 1. The van der Waals surface area contributed by atoms with Gasteiger partial charge in [0.15, 0.2) is 0 Å². The molecule has 0 saturated heterocycles. The Morgan fingerprint density at radius 3 is 2.55 bits per heavy atom. The third-order valence-corrected chi connectivity index (χ3v) is 3.19. The number of nitrogens with zero attached hydrogens (tertiary/aromatic N) is 1. The predicted molar refractivity (Wildman–Crippen MR) is 82.7 cm³/mol. The van der Waals surface area contributed by atoms with Gasteiger partial charge < -0.3 is 0 Å². The molecule has 0 fully saturated rings. The molecule has 0 aliphatic rings. The van der Waals surface area contributed by atoms with Crippen molar-refractivity contribution in [2.24, 2.45) is 5.10 Å². The summed E-state index contributed by atoms with van der Waals surface area (Å²) in [7, 11) is 0. The Balaban J connectivity index is 2.05. The van der Waals surface area contributed by atoms with Crippen LogP contribution in [0.5, 0.6) is 0 Å². The Labute approximate surface area is 127 Å². The second-order valence-electron chi connectivity index (χ2n) is 4.23. The topological polar surface area (TPSA) is 41.5 Å². The summed E-state index contributed by atoms with van der Waals surface area (Å²) in [6.07, 6.45) is 1.57.